The molecule has 2 aliphatic rings. The maximum absolute atomic E-state index is 13.7. The number of anilines is 1. The number of hydrogen-bond donors (Lipinski definition) is 4. The molecular weight excluding hydrogens is 359 g/mol. The van der Waals surface area contributed by atoms with Gasteiger partial charge in [-0.15, -0.1) is 0 Å². The van der Waals surface area contributed by atoms with E-state index in [1.54, 1.807) is 12.1 Å². The van der Waals surface area contributed by atoms with E-state index < -0.39 is 11.6 Å². The summed E-state index contributed by atoms with van der Waals surface area (Å²) in [4.78, 5) is 5.78. The van der Waals surface area contributed by atoms with E-state index in [9.17, 15) is 9.50 Å². The van der Waals surface area contributed by atoms with Gasteiger partial charge in [0, 0.05) is 40.5 Å². The molecule has 2 aliphatic heterocycles. The number of halogens is 1. The molecule has 0 radical (unpaired) electrons. The number of nitrogens with one attached hydrogen (secondary N) is 1. The van der Waals surface area contributed by atoms with Crippen LogP contribution in [0.3, 0.4) is 0 Å². The summed E-state index contributed by atoms with van der Waals surface area (Å²) in [6.07, 6.45) is 3.73. The van der Waals surface area contributed by atoms with Crippen molar-refractivity contribution < 1.29 is 14.2 Å². The van der Waals surface area contributed by atoms with Crippen LogP contribution in [0.25, 0.3) is 11.8 Å². The van der Waals surface area contributed by atoms with Crippen LogP contribution in [0.1, 0.15) is 41.1 Å². The molecule has 0 saturated carbocycles. The van der Waals surface area contributed by atoms with E-state index >= 15 is 0 Å². The van der Waals surface area contributed by atoms with Gasteiger partial charge in [0.15, 0.2) is 11.6 Å². The van der Waals surface area contributed by atoms with E-state index in [0.717, 1.165) is 42.9 Å². The molecular formula is C21H27FN4O2. The molecule has 150 valence electrons. The first kappa shape index (κ1) is 18.8. The fraction of sp³-hybridized carbons (Fsp3) is 0.429. The SMILES string of the molecule is Cc1c(C2CC3COCC(C2)N3C)[nH]c(N)c1/C=C(\N)c1cccc(F)c1O. The number of rotatable bonds is 3. The third kappa shape index (κ3) is 3.14. The van der Waals surface area contributed by atoms with Crippen molar-refractivity contribution in [2.75, 3.05) is 26.0 Å². The van der Waals surface area contributed by atoms with Crippen LogP contribution in [-0.2, 0) is 4.74 Å². The number of phenols is 1. The molecule has 28 heavy (non-hydrogen) atoms. The highest BCUT2D eigenvalue weighted by molar-refractivity contribution is 5.86. The van der Waals surface area contributed by atoms with Gasteiger partial charge in [0.25, 0.3) is 0 Å². The number of nitrogens with zero attached hydrogens (tertiary/aromatic N) is 1. The lowest BCUT2D eigenvalue weighted by Crippen LogP contribution is -2.54. The summed E-state index contributed by atoms with van der Waals surface area (Å²) < 4.78 is 19.4. The summed E-state index contributed by atoms with van der Waals surface area (Å²) >= 11 is 0. The molecule has 1 aromatic carbocycles. The smallest absolute Gasteiger partial charge is 0.165 e. The maximum Gasteiger partial charge on any atom is 0.165 e. The number of hydrogen-bond acceptors (Lipinski definition) is 5. The average Bonchev–Trinajstić information content (AvgIpc) is 2.92. The number of nitrogen functional groups attached to an aromatic ring is 1. The second kappa shape index (κ2) is 7.14. The van der Waals surface area contributed by atoms with Crippen LogP contribution in [0.4, 0.5) is 10.2 Å². The molecule has 2 saturated heterocycles. The maximum atomic E-state index is 13.7. The predicted molar refractivity (Wildman–Crippen MR) is 108 cm³/mol. The lowest BCUT2D eigenvalue weighted by atomic mass is 9.82. The largest absolute Gasteiger partial charge is 0.504 e. The first-order valence-corrected chi connectivity index (χ1v) is 9.59. The second-order valence-corrected chi connectivity index (χ2v) is 7.91. The molecule has 2 atom stereocenters. The number of aromatic amines is 1. The number of para-hydroxylation sites is 1. The summed E-state index contributed by atoms with van der Waals surface area (Å²) in [7, 11) is 2.17. The molecule has 6 nitrogen and oxygen atoms in total. The predicted octanol–water partition coefficient (Wildman–Crippen LogP) is 2.78. The van der Waals surface area contributed by atoms with Crippen molar-refractivity contribution in [3.05, 3.63) is 46.4 Å². The van der Waals surface area contributed by atoms with E-state index in [4.69, 9.17) is 16.2 Å². The number of fused-ring (bicyclic) bond motifs is 2. The molecule has 0 amide bonds. The standard InChI is InChI=1S/C21H27FN4O2/c1-11-16(8-18(23)15-4-3-5-17(22)20(15)27)21(24)25-19(11)12-6-13-9-28-10-14(7-12)26(13)2/h3-5,8,12-14,25,27H,6-7,9-10,23-24H2,1-2H3/b18-8-. The van der Waals surface area contributed by atoms with Gasteiger partial charge in [0.05, 0.1) is 13.2 Å². The Bertz CT molecular complexity index is 909. The van der Waals surface area contributed by atoms with Crippen LogP contribution in [0.2, 0.25) is 0 Å². The number of H-pyrrole nitrogens is 1. The first-order valence-electron chi connectivity index (χ1n) is 9.59. The molecule has 0 spiro atoms. The zero-order valence-corrected chi connectivity index (χ0v) is 16.2. The Balaban J connectivity index is 1.66. The summed E-state index contributed by atoms with van der Waals surface area (Å²) in [5, 5.41) is 9.96. The third-order valence-electron chi connectivity index (χ3n) is 6.26. The van der Waals surface area contributed by atoms with Crippen molar-refractivity contribution in [2.24, 2.45) is 5.73 Å². The number of likely N-dealkylation sites (N-methyl/N-ethyl adjacent to an activating group) is 1. The summed E-state index contributed by atoms with van der Waals surface area (Å²) in [6.45, 7) is 3.55. The molecule has 0 aliphatic carbocycles. The first-order chi connectivity index (χ1) is 13.4. The minimum atomic E-state index is -0.701. The summed E-state index contributed by atoms with van der Waals surface area (Å²) in [5.74, 6) is -0.241. The van der Waals surface area contributed by atoms with E-state index in [2.05, 4.69) is 16.9 Å². The number of nitrogens with two attached hydrogens (primary N) is 2. The summed E-state index contributed by atoms with van der Waals surface area (Å²) in [5.41, 5.74) is 15.9. The Morgan fingerprint density at radius 1 is 1.32 bits per heavy atom. The van der Waals surface area contributed by atoms with Crippen LogP contribution in [-0.4, -0.2) is 47.3 Å². The van der Waals surface area contributed by atoms with Crippen molar-refractivity contribution in [3.8, 4) is 5.75 Å². The van der Waals surface area contributed by atoms with Crippen molar-refractivity contribution in [3.63, 3.8) is 0 Å². The van der Waals surface area contributed by atoms with Crippen LogP contribution in [0, 0.1) is 12.7 Å². The summed E-state index contributed by atoms with van der Waals surface area (Å²) in [6, 6.07) is 5.12. The number of aromatic nitrogens is 1. The highest BCUT2D eigenvalue weighted by atomic mass is 19.1. The monoisotopic (exact) mass is 386 g/mol. The molecule has 7 heteroatoms. The van der Waals surface area contributed by atoms with Gasteiger partial charge in [-0.1, -0.05) is 6.07 Å². The molecule has 2 fully saturated rings. The van der Waals surface area contributed by atoms with Gasteiger partial charge < -0.3 is 26.3 Å². The van der Waals surface area contributed by atoms with Crippen molar-refractivity contribution in [1.29, 1.82) is 0 Å². The van der Waals surface area contributed by atoms with Crippen LogP contribution in [0.15, 0.2) is 18.2 Å². The van der Waals surface area contributed by atoms with Gasteiger partial charge in [-0.3, -0.25) is 4.90 Å². The van der Waals surface area contributed by atoms with Gasteiger partial charge in [0.2, 0.25) is 0 Å². The lowest BCUT2D eigenvalue weighted by Gasteiger charge is -2.46. The van der Waals surface area contributed by atoms with E-state index in [-0.39, 0.29) is 11.3 Å². The Kier molecular flexibility index (Phi) is 4.81. The zero-order chi connectivity index (χ0) is 20.0. The highest BCUT2D eigenvalue weighted by Crippen LogP contribution is 2.40. The topological polar surface area (TPSA) is 101 Å². The third-order valence-corrected chi connectivity index (χ3v) is 6.26. The molecule has 2 aromatic rings. The highest BCUT2D eigenvalue weighted by Gasteiger charge is 2.38. The van der Waals surface area contributed by atoms with Crippen molar-refractivity contribution >= 4 is 17.6 Å². The number of benzene rings is 1. The Morgan fingerprint density at radius 3 is 2.68 bits per heavy atom. The zero-order valence-electron chi connectivity index (χ0n) is 16.2. The number of ether oxygens (including phenoxy) is 1. The van der Waals surface area contributed by atoms with E-state index in [1.165, 1.54) is 12.1 Å². The minimum absolute atomic E-state index is 0.257. The minimum Gasteiger partial charge on any atom is -0.504 e. The number of piperidine rings is 1. The Morgan fingerprint density at radius 2 is 2.00 bits per heavy atom. The van der Waals surface area contributed by atoms with Gasteiger partial charge in [-0.2, -0.15) is 0 Å². The van der Waals surface area contributed by atoms with E-state index in [1.807, 2.05) is 6.92 Å². The van der Waals surface area contributed by atoms with E-state index in [0.29, 0.717) is 23.8 Å². The van der Waals surface area contributed by atoms with Gasteiger partial charge in [0.1, 0.15) is 5.82 Å². The van der Waals surface area contributed by atoms with Crippen molar-refractivity contribution in [2.45, 2.75) is 37.8 Å². The van der Waals surface area contributed by atoms with Crippen LogP contribution in [0.5, 0.6) is 5.75 Å². The number of phenolic OH excluding ortho intramolecular Hbond substituents is 1. The normalized spacial score (nSPS) is 25.8. The Labute approximate surface area is 164 Å². The van der Waals surface area contributed by atoms with Crippen molar-refractivity contribution in [1.82, 2.24) is 9.88 Å². The molecule has 2 unspecified atom stereocenters. The second-order valence-electron chi connectivity index (χ2n) is 7.91. The van der Waals surface area contributed by atoms with Gasteiger partial charge in [-0.25, -0.2) is 4.39 Å². The average molecular weight is 386 g/mol. The molecule has 2 bridgehead atoms. The lowest BCUT2D eigenvalue weighted by molar-refractivity contribution is -0.0657. The molecule has 3 heterocycles. The van der Waals surface area contributed by atoms with Gasteiger partial charge >= 0.3 is 0 Å². The van der Waals surface area contributed by atoms with Gasteiger partial charge in [-0.05, 0) is 50.6 Å². The molecule has 4 rings (SSSR count). The molecule has 6 N–H and O–H groups in total. The number of aromatic hydroxyl groups is 1. The van der Waals surface area contributed by atoms with Crippen LogP contribution < -0.4 is 11.5 Å². The Hall–Kier alpha value is -2.51. The number of morpholine rings is 1. The van der Waals surface area contributed by atoms with Crippen LogP contribution >= 0.6 is 0 Å². The fourth-order valence-electron chi connectivity index (χ4n) is 4.56. The quantitative estimate of drug-likeness (QED) is 0.650. The molecule has 1 aromatic heterocycles. The fourth-order valence-corrected chi connectivity index (χ4v) is 4.56.